The Hall–Kier alpha value is -3.06. The Bertz CT molecular complexity index is 843. The van der Waals surface area contributed by atoms with Gasteiger partial charge in [-0.1, -0.05) is 41.9 Å². The topological polar surface area (TPSA) is 90.5 Å². The second kappa shape index (κ2) is 10.3. The summed E-state index contributed by atoms with van der Waals surface area (Å²) in [7, 11) is 1.69. The van der Waals surface area contributed by atoms with E-state index in [1.54, 1.807) is 30.1 Å². The molecular weight excluding hydrogens is 380 g/mol. The minimum absolute atomic E-state index is 0.0803. The van der Waals surface area contributed by atoms with Crippen LogP contribution in [0.3, 0.4) is 0 Å². The first-order valence-electron chi connectivity index (χ1n) is 8.75. The van der Waals surface area contributed by atoms with Crippen LogP contribution in [0.1, 0.15) is 18.9 Å². The maximum atomic E-state index is 12.2. The molecule has 0 bridgehead atoms. The monoisotopic (exact) mass is 402 g/mol. The zero-order valence-electron chi connectivity index (χ0n) is 15.8. The van der Waals surface area contributed by atoms with Crippen molar-refractivity contribution in [3.05, 3.63) is 59.1 Å². The lowest BCUT2D eigenvalue weighted by atomic mass is 10.2. The molecule has 0 aliphatic rings. The third kappa shape index (κ3) is 6.92. The van der Waals surface area contributed by atoms with Gasteiger partial charge in [0, 0.05) is 38.5 Å². The maximum Gasteiger partial charge on any atom is 0.317 e. The molecule has 148 valence electrons. The molecule has 0 radical (unpaired) electrons. The lowest BCUT2D eigenvalue weighted by Gasteiger charge is -2.18. The van der Waals surface area contributed by atoms with E-state index in [0.717, 1.165) is 5.56 Å². The second-order valence-corrected chi connectivity index (χ2v) is 6.68. The van der Waals surface area contributed by atoms with Gasteiger partial charge in [-0.3, -0.25) is 9.59 Å². The molecule has 0 heterocycles. The first-order valence-corrected chi connectivity index (χ1v) is 9.13. The van der Waals surface area contributed by atoms with Crippen molar-refractivity contribution in [1.82, 2.24) is 10.2 Å². The predicted molar refractivity (Wildman–Crippen MR) is 110 cm³/mol. The summed E-state index contributed by atoms with van der Waals surface area (Å²) in [5, 5.41) is 8.46. The molecular formula is C20H23ClN4O3. The van der Waals surface area contributed by atoms with Crippen LogP contribution in [0.25, 0.3) is 0 Å². The van der Waals surface area contributed by atoms with Gasteiger partial charge in [0.1, 0.15) is 0 Å². The molecule has 2 aromatic carbocycles. The summed E-state index contributed by atoms with van der Waals surface area (Å²) >= 11 is 5.96. The summed E-state index contributed by atoms with van der Waals surface area (Å²) < 4.78 is 0. The Morgan fingerprint density at radius 3 is 2.39 bits per heavy atom. The van der Waals surface area contributed by atoms with Crippen molar-refractivity contribution in [2.24, 2.45) is 0 Å². The van der Waals surface area contributed by atoms with Crippen LogP contribution in [-0.4, -0.2) is 36.3 Å². The van der Waals surface area contributed by atoms with Crippen LogP contribution in [0.4, 0.5) is 16.2 Å². The van der Waals surface area contributed by atoms with Gasteiger partial charge in [0.25, 0.3) is 0 Å². The number of nitrogens with zero attached hydrogens (tertiary/aromatic N) is 1. The van der Waals surface area contributed by atoms with E-state index in [4.69, 9.17) is 11.6 Å². The van der Waals surface area contributed by atoms with Crippen molar-refractivity contribution in [3.8, 4) is 0 Å². The Kier molecular flexibility index (Phi) is 7.83. The fraction of sp³-hybridized carbons (Fsp3) is 0.250. The molecule has 0 spiro atoms. The highest BCUT2D eigenvalue weighted by Gasteiger charge is 2.11. The summed E-state index contributed by atoms with van der Waals surface area (Å²) in [4.78, 5) is 37.1. The molecule has 0 saturated carbocycles. The molecule has 0 atom stereocenters. The van der Waals surface area contributed by atoms with Gasteiger partial charge in [-0.15, -0.1) is 0 Å². The molecule has 3 N–H and O–H groups in total. The number of carbonyl (C=O) groups is 3. The molecule has 0 aromatic heterocycles. The Labute approximate surface area is 169 Å². The van der Waals surface area contributed by atoms with E-state index in [1.807, 2.05) is 30.3 Å². The summed E-state index contributed by atoms with van der Waals surface area (Å²) in [6, 6.07) is 14.1. The smallest absolute Gasteiger partial charge is 0.317 e. The highest BCUT2D eigenvalue weighted by atomic mass is 35.5. The lowest BCUT2D eigenvalue weighted by Crippen LogP contribution is -2.38. The number of hydrogen-bond donors (Lipinski definition) is 3. The van der Waals surface area contributed by atoms with Crippen molar-refractivity contribution in [3.63, 3.8) is 0 Å². The molecule has 2 aromatic rings. The van der Waals surface area contributed by atoms with Gasteiger partial charge in [0.15, 0.2) is 0 Å². The molecule has 0 fully saturated rings. The fourth-order valence-corrected chi connectivity index (χ4v) is 2.65. The van der Waals surface area contributed by atoms with Crippen molar-refractivity contribution >= 4 is 40.8 Å². The molecule has 0 aliphatic heterocycles. The summed E-state index contributed by atoms with van der Waals surface area (Å²) in [5.74, 6) is -0.564. The van der Waals surface area contributed by atoms with Gasteiger partial charge in [-0.05, 0) is 23.8 Å². The summed E-state index contributed by atoms with van der Waals surface area (Å²) in [5.41, 5.74) is 1.88. The van der Waals surface area contributed by atoms with Crippen LogP contribution < -0.4 is 16.0 Å². The number of hydrogen-bond acceptors (Lipinski definition) is 3. The van der Waals surface area contributed by atoms with Gasteiger partial charge in [-0.2, -0.15) is 0 Å². The molecule has 0 saturated heterocycles. The SMILES string of the molecule is CC(=O)Nc1ccc(Cl)cc1NC(=O)CCNC(=O)N(C)Cc1ccccc1. The van der Waals surface area contributed by atoms with Crippen LogP contribution in [0.15, 0.2) is 48.5 Å². The average molecular weight is 403 g/mol. The van der Waals surface area contributed by atoms with Gasteiger partial charge in [-0.25, -0.2) is 4.79 Å². The number of nitrogens with one attached hydrogen (secondary N) is 3. The minimum Gasteiger partial charge on any atom is -0.337 e. The molecule has 2 rings (SSSR count). The molecule has 7 nitrogen and oxygen atoms in total. The van der Waals surface area contributed by atoms with Gasteiger partial charge in [0.05, 0.1) is 11.4 Å². The fourth-order valence-electron chi connectivity index (χ4n) is 2.48. The molecule has 4 amide bonds. The van der Waals surface area contributed by atoms with Crippen molar-refractivity contribution in [2.75, 3.05) is 24.2 Å². The largest absolute Gasteiger partial charge is 0.337 e. The van der Waals surface area contributed by atoms with Crippen LogP contribution >= 0.6 is 11.6 Å². The highest BCUT2D eigenvalue weighted by molar-refractivity contribution is 6.31. The van der Waals surface area contributed by atoms with Gasteiger partial charge >= 0.3 is 6.03 Å². The first kappa shape index (κ1) is 21.2. The van der Waals surface area contributed by atoms with E-state index in [-0.39, 0.29) is 30.8 Å². The normalized spacial score (nSPS) is 10.1. The minimum atomic E-state index is -0.306. The number of rotatable bonds is 7. The van der Waals surface area contributed by atoms with E-state index < -0.39 is 0 Å². The Morgan fingerprint density at radius 1 is 1.00 bits per heavy atom. The quantitative estimate of drug-likeness (QED) is 0.662. The Morgan fingerprint density at radius 2 is 1.71 bits per heavy atom. The number of anilines is 2. The number of halogens is 1. The average Bonchev–Trinajstić information content (AvgIpc) is 2.64. The molecule has 0 unspecified atom stereocenters. The van der Waals surface area contributed by atoms with E-state index >= 15 is 0 Å². The Balaban J connectivity index is 1.82. The highest BCUT2D eigenvalue weighted by Crippen LogP contribution is 2.25. The van der Waals surface area contributed by atoms with Crippen LogP contribution in [0.5, 0.6) is 0 Å². The van der Waals surface area contributed by atoms with E-state index in [0.29, 0.717) is 22.9 Å². The lowest BCUT2D eigenvalue weighted by molar-refractivity contribution is -0.116. The van der Waals surface area contributed by atoms with Gasteiger partial charge in [0.2, 0.25) is 11.8 Å². The number of urea groups is 1. The van der Waals surface area contributed by atoms with Crippen LogP contribution in [0.2, 0.25) is 5.02 Å². The van der Waals surface area contributed by atoms with E-state index in [9.17, 15) is 14.4 Å². The van der Waals surface area contributed by atoms with Crippen molar-refractivity contribution < 1.29 is 14.4 Å². The number of amides is 4. The zero-order valence-corrected chi connectivity index (χ0v) is 16.5. The number of benzene rings is 2. The van der Waals surface area contributed by atoms with E-state index in [2.05, 4.69) is 16.0 Å². The summed E-state index contributed by atoms with van der Waals surface area (Å²) in [6.45, 7) is 2.03. The van der Waals surface area contributed by atoms with E-state index in [1.165, 1.54) is 6.92 Å². The van der Waals surface area contributed by atoms with Crippen LogP contribution in [-0.2, 0) is 16.1 Å². The third-order valence-electron chi connectivity index (χ3n) is 3.80. The van der Waals surface area contributed by atoms with Crippen molar-refractivity contribution in [2.45, 2.75) is 19.9 Å². The molecule has 0 aliphatic carbocycles. The standard InChI is InChI=1S/C20H23ClN4O3/c1-14(26)23-17-9-8-16(21)12-18(17)24-19(27)10-11-22-20(28)25(2)13-15-6-4-3-5-7-15/h3-9,12H,10-11,13H2,1-2H3,(H,22,28)(H,23,26)(H,24,27). The maximum absolute atomic E-state index is 12.2. The van der Waals surface area contributed by atoms with Crippen LogP contribution in [0, 0.1) is 0 Å². The molecule has 28 heavy (non-hydrogen) atoms. The number of carbonyl (C=O) groups excluding carboxylic acids is 3. The van der Waals surface area contributed by atoms with Crippen molar-refractivity contribution in [1.29, 1.82) is 0 Å². The zero-order chi connectivity index (χ0) is 20.5. The molecule has 8 heteroatoms. The summed E-state index contributed by atoms with van der Waals surface area (Å²) in [6.07, 6.45) is 0.0803. The predicted octanol–water partition coefficient (Wildman–Crippen LogP) is 3.47. The second-order valence-electron chi connectivity index (χ2n) is 6.24. The van der Waals surface area contributed by atoms with Gasteiger partial charge < -0.3 is 20.9 Å². The third-order valence-corrected chi connectivity index (χ3v) is 4.04. The first-order chi connectivity index (χ1) is 13.3.